The average molecular weight is 168 g/mol. The van der Waals surface area contributed by atoms with E-state index >= 15 is 0 Å². The third-order valence-corrected chi connectivity index (χ3v) is 4.20. The van der Waals surface area contributed by atoms with Crippen LogP contribution < -0.4 is 0 Å². The Bertz CT molecular complexity index is 181. The second kappa shape index (κ2) is 2.25. The van der Waals surface area contributed by atoms with Crippen molar-refractivity contribution in [1.29, 1.82) is 0 Å². The van der Waals surface area contributed by atoms with Gasteiger partial charge in [-0.3, -0.25) is 0 Å². The van der Waals surface area contributed by atoms with Crippen LogP contribution in [0.1, 0.15) is 40.5 Å². The Hall–Kier alpha value is -0.0400. The Morgan fingerprint density at radius 2 is 1.50 bits per heavy atom. The molecule has 0 radical (unpaired) electrons. The van der Waals surface area contributed by atoms with Crippen LogP contribution in [0.25, 0.3) is 0 Å². The molecule has 0 bridgehead atoms. The van der Waals surface area contributed by atoms with E-state index in [-0.39, 0.29) is 0 Å². The molecule has 0 atom stereocenters. The first kappa shape index (κ1) is 8.55. The highest BCUT2D eigenvalue weighted by atomic mass is 16.5. The molecule has 2 rings (SSSR count). The van der Waals surface area contributed by atoms with Gasteiger partial charge in [-0.05, 0) is 24.7 Å². The van der Waals surface area contributed by atoms with Gasteiger partial charge in [-0.2, -0.15) is 0 Å². The van der Waals surface area contributed by atoms with Crippen molar-refractivity contribution in [1.82, 2.24) is 0 Å². The lowest BCUT2D eigenvalue weighted by Crippen LogP contribution is -2.60. The van der Waals surface area contributed by atoms with Gasteiger partial charge in [-0.25, -0.2) is 0 Å². The smallest absolute Gasteiger partial charge is 0.0767 e. The molecule has 12 heavy (non-hydrogen) atoms. The lowest BCUT2D eigenvalue weighted by Gasteiger charge is -2.56. The van der Waals surface area contributed by atoms with Gasteiger partial charge in [0.25, 0.3) is 0 Å². The summed E-state index contributed by atoms with van der Waals surface area (Å²) in [7, 11) is 0. The molecule has 2 aliphatic rings. The van der Waals surface area contributed by atoms with Crippen LogP contribution in [0.15, 0.2) is 0 Å². The first-order chi connectivity index (χ1) is 5.55. The van der Waals surface area contributed by atoms with E-state index in [0.717, 1.165) is 18.4 Å². The van der Waals surface area contributed by atoms with Crippen LogP contribution in [0.5, 0.6) is 0 Å². The Morgan fingerprint density at radius 1 is 1.00 bits per heavy atom. The number of hydrogen-bond acceptors (Lipinski definition) is 1. The van der Waals surface area contributed by atoms with Gasteiger partial charge in [0, 0.05) is 5.41 Å². The van der Waals surface area contributed by atoms with E-state index in [1.807, 2.05) is 0 Å². The van der Waals surface area contributed by atoms with E-state index in [2.05, 4.69) is 27.7 Å². The summed E-state index contributed by atoms with van der Waals surface area (Å²) in [5, 5.41) is 0. The molecule has 2 fully saturated rings. The maximum atomic E-state index is 5.77. The predicted molar refractivity (Wildman–Crippen MR) is 50.0 cm³/mol. The zero-order chi connectivity index (χ0) is 8.98. The van der Waals surface area contributed by atoms with E-state index in [9.17, 15) is 0 Å². The Labute approximate surface area is 75.5 Å². The van der Waals surface area contributed by atoms with Gasteiger partial charge in [0.15, 0.2) is 0 Å². The monoisotopic (exact) mass is 168 g/mol. The molecule has 70 valence electrons. The topological polar surface area (TPSA) is 9.23 Å². The average Bonchev–Trinajstić information content (AvgIpc) is 2.62. The van der Waals surface area contributed by atoms with Crippen molar-refractivity contribution < 1.29 is 4.74 Å². The standard InChI is InChI=1S/C11H20O/c1-8(2)11(9(3)4)7-12-10(11)5-6-10/h8-9H,5-7H2,1-4H3. The van der Waals surface area contributed by atoms with Gasteiger partial charge in [-0.1, -0.05) is 27.7 Å². The second-order valence-electron chi connectivity index (χ2n) is 5.13. The number of rotatable bonds is 2. The van der Waals surface area contributed by atoms with Crippen molar-refractivity contribution in [2.45, 2.75) is 46.1 Å². The molecular formula is C11H20O. The van der Waals surface area contributed by atoms with Gasteiger partial charge in [-0.15, -0.1) is 0 Å². The van der Waals surface area contributed by atoms with Gasteiger partial charge in [0.2, 0.25) is 0 Å². The minimum Gasteiger partial charge on any atom is -0.374 e. The van der Waals surface area contributed by atoms with Crippen molar-refractivity contribution in [2.75, 3.05) is 6.61 Å². The van der Waals surface area contributed by atoms with Crippen LogP contribution in [0, 0.1) is 17.3 Å². The molecule has 0 N–H and O–H groups in total. The molecule has 1 saturated carbocycles. The number of hydrogen-bond donors (Lipinski definition) is 0. The molecule has 0 aromatic carbocycles. The van der Waals surface area contributed by atoms with Crippen LogP contribution in [0.2, 0.25) is 0 Å². The summed E-state index contributed by atoms with van der Waals surface area (Å²) in [4.78, 5) is 0. The van der Waals surface area contributed by atoms with Crippen LogP contribution in [0.3, 0.4) is 0 Å². The van der Waals surface area contributed by atoms with Gasteiger partial charge < -0.3 is 4.74 Å². The molecule has 1 heterocycles. The second-order valence-corrected chi connectivity index (χ2v) is 5.13. The molecule has 1 aliphatic carbocycles. The quantitative estimate of drug-likeness (QED) is 0.616. The highest BCUT2D eigenvalue weighted by Gasteiger charge is 2.69. The minimum atomic E-state index is 0.329. The number of ether oxygens (including phenoxy) is 1. The molecule has 1 spiro atoms. The van der Waals surface area contributed by atoms with Crippen LogP contribution >= 0.6 is 0 Å². The van der Waals surface area contributed by atoms with Gasteiger partial charge >= 0.3 is 0 Å². The van der Waals surface area contributed by atoms with Crippen molar-refractivity contribution in [3.05, 3.63) is 0 Å². The molecule has 0 aromatic heterocycles. The summed E-state index contributed by atoms with van der Waals surface area (Å²) in [5.41, 5.74) is 0.836. The summed E-state index contributed by atoms with van der Waals surface area (Å²) in [6, 6.07) is 0. The SMILES string of the molecule is CC(C)C1(C(C)C)COC12CC2. The maximum Gasteiger partial charge on any atom is 0.0767 e. The molecule has 1 saturated heterocycles. The summed E-state index contributed by atoms with van der Waals surface area (Å²) >= 11 is 0. The van der Waals surface area contributed by atoms with E-state index in [1.165, 1.54) is 12.8 Å². The molecule has 0 amide bonds. The van der Waals surface area contributed by atoms with Crippen molar-refractivity contribution >= 4 is 0 Å². The van der Waals surface area contributed by atoms with E-state index in [4.69, 9.17) is 4.74 Å². The van der Waals surface area contributed by atoms with Crippen LogP contribution in [-0.2, 0) is 4.74 Å². The van der Waals surface area contributed by atoms with Crippen LogP contribution in [0.4, 0.5) is 0 Å². The Balaban J connectivity index is 2.24. The third-order valence-electron chi connectivity index (χ3n) is 4.20. The Morgan fingerprint density at radius 3 is 1.58 bits per heavy atom. The lowest BCUT2D eigenvalue weighted by molar-refractivity contribution is -0.250. The summed E-state index contributed by atoms with van der Waals surface area (Å²) in [6.07, 6.45) is 2.62. The molecule has 0 aromatic rings. The largest absolute Gasteiger partial charge is 0.374 e. The fraction of sp³-hybridized carbons (Fsp3) is 1.00. The van der Waals surface area contributed by atoms with E-state index < -0.39 is 0 Å². The molecule has 1 aliphatic heterocycles. The minimum absolute atomic E-state index is 0.329. The molecular weight excluding hydrogens is 148 g/mol. The zero-order valence-electron chi connectivity index (χ0n) is 8.68. The molecule has 1 heteroatoms. The maximum absolute atomic E-state index is 5.77. The van der Waals surface area contributed by atoms with E-state index in [0.29, 0.717) is 11.0 Å². The van der Waals surface area contributed by atoms with Crippen molar-refractivity contribution in [2.24, 2.45) is 17.3 Å². The molecule has 0 unspecified atom stereocenters. The Kier molecular flexibility index (Phi) is 1.61. The normalized spacial score (nSPS) is 29.5. The lowest BCUT2D eigenvalue weighted by atomic mass is 9.61. The summed E-state index contributed by atoms with van der Waals surface area (Å²) < 4.78 is 5.77. The summed E-state index contributed by atoms with van der Waals surface area (Å²) in [5.74, 6) is 1.54. The first-order valence-electron chi connectivity index (χ1n) is 5.19. The fourth-order valence-corrected chi connectivity index (χ4v) is 3.22. The van der Waals surface area contributed by atoms with Gasteiger partial charge in [0.1, 0.15) is 0 Å². The first-order valence-corrected chi connectivity index (χ1v) is 5.19. The van der Waals surface area contributed by atoms with Crippen molar-refractivity contribution in [3.8, 4) is 0 Å². The highest BCUT2D eigenvalue weighted by Crippen LogP contribution is 2.66. The van der Waals surface area contributed by atoms with Crippen molar-refractivity contribution in [3.63, 3.8) is 0 Å². The summed E-state index contributed by atoms with van der Waals surface area (Å²) in [6.45, 7) is 10.4. The zero-order valence-corrected chi connectivity index (χ0v) is 8.68. The highest BCUT2D eigenvalue weighted by molar-refractivity contribution is 5.18. The van der Waals surface area contributed by atoms with Gasteiger partial charge in [0.05, 0.1) is 12.2 Å². The fourth-order valence-electron chi connectivity index (χ4n) is 3.22. The molecule has 1 nitrogen and oxygen atoms in total. The third kappa shape index (κ3) is 0.736. The predicted octanol–water partition coefficient (Wildman–Crippen LogP) is 2.85. The van der Waals surface area contributed by atoms with E-state index in [1.54, 1.807) is 0 Å². The van der Waals surface area contributed by atoms with Crippen LogP contribution in [-0.4, -0.2) is 12.2 Å².